The Morgan fingerprint density at radius 3 is 2.88 bits per heavy atom. The van der Waals surface area contributed by atoms with Gasteiger partial charge < -0.3 is 11.5 Å². The number of hydrogen-bond donors (Lipinski definition) is 2. The molecule has 1 atom stereocenters. The summed E-state index contributed by atoms with van der Waals surface area (Å²) in [6.07, 6.45) is 1.57. The first kappa shape index (κ1) is 10.3. The molecule has 0 aliphatic carbocycles. The summed E-state index contributed by atoms with van der Waals surface area (Å²) < 4.78 is 0. The van der Waals surface area contributed by atoms with Crippen molar-refractivity contribution in [3.8, 4) is 0 Å². The smallest absolute Gasteiger partial charge is 0.234 e. The average molecular weight is 221 g/mol. The molecule has 2 amide bonds. The highest BCUT2D eigenvalue weighted by Gasteiger charge is 2.35. The van der Waals surface area contributed by atoms with E-state index in [1.807, 2.05) is 0 Å². The Morgan fingerprint density at radius 1 is 1.56 bits per heavy atom. The molecular formula is C9H11N5O2. The van der Waals surface area contributed by atoms with Gasteiger partial charge >= 0.3 is 0 Å². The van der Waals surface area contributed by atoms with E-state index < -0.39 is 11.8 Å². The van der Waals surface area contributed by atoms with Crippen LogP contribution in [0.5, 0.6) is 0 Å². The van der Waals surface area contributed by atoms with Crippen molar-refractivity contribution in [3.05, 3.63) is 12.3 Å². The molecule has 1 aromatic rings. The molecule has 16 heavy (non-hydrogen) atoms. The molecule has 84 valence electrons. The molecule has 1 aliphatic heterocycles. The van der Waals surface area contributed by atoms with Crippen LogP contribution in [0.4, 0.5) is 11.8 Å². The fraction of sp³-hybridized carbons (Fsp3) is 0.333. The summed E-state index contributed by atoms with van der Waals surface area (Å²) in [5, 5.41) is 0. The second kappa shape index (κ2) is 3.76. The van der Waals surface area contributed by atoms with Crippen molar-refractivity contribution in [3.63, 3.8) is 0 Å². The lowest BCUT2D eigenvalue weighted by molar-refractivity contribution is -0.123. The molecule has 7 nitrogen and oxygen atoms in total. The lowest BCUT2D eigenvalue weighted by atomic mass is 10.1. The number of rotatable bonds is 2. The van der Waals surface area contributed by atoms with E-state index in [1.165, 1.54) is 17.2 Å². The summed E-state index contributed by atoms with van der Waals surface area (Å²) >= 11 is 0. The predicted octanol–water partition coefficient (Wildman–Crippen LogP) is -1.10. The van der Waals surface area contributed by atoms with Crippen LogP contribution >= 0.6 is 0 Å². The van der Waals surface area contributed by atoms with E-state index in [4.69, 9.17) is 11.5 Å². The molecule has 2 rings (SSSR count). The zero-order chi connectivity index (χ0) is 11.7. The lowest BCUT2D eigenvalue weighted by Crippen LogP contribution is -2.29. The number of carbonyl (C=O) groups excluding carboxylic acids is 2. The summed E-state index contributed by atoms with van der Waals surface area (Å²) in [7, 11) is 0. The van der Waals surface area contributed by atoms with Crippen LogP contribution in [0.1, 0.15) is 6.42 Å². The van der Waals surface area contributed by atoms with Gasteiger partial charge in [0, 0.05) is 19.2 Å². The fourth-order valence-electron chi connectivity index (χ4n) is 1.58. The standard InChI is InChI=1S/C9H11N5O2/c10-6-1-2-12-9(13-6)14-4-5(8(11)16)3-7(14)15/h1-2,5H,3-4H2,(H2,11,16)(H2,10,12,13). The number of carbonyl (C=O) groups is 2. The van der Waals surface area contributed by atoms with E-state index in [-0.39, 0.29) is 30.6 Å². The third-order valence-corrected chi connectivity index (χ3v) is 2.43. The Bertz CT molecular complexity index is 447. The van der Waals surface area contributed by atoms with Crippen LogP contribution in [0, 0.1) is 5.92 Å². The van der Waals surface area contributed by atoms with E-state index in [1.54, 1.807) is 0 Å². The molecule has 1 aromatic heterocycles. The number of nitrogens with zero attached hydrogens (tertiary/aromatic N) is 3. The number of nitrogens with two attached hydrogens (primary N) is 2. The van der Waals surface area contributed by atoms with Gasteiger partial charge in [-0.15, -0.1) is 0 Å². The first-order chi connectivity index (χ1) is 7.58. The summed E-state index contributed by atoms with van der Waals surface area (Å²) in [6.45, 7) is 0.220. The minimum atomic E-state index is -0.486. The highest BCUT2D eigenvalue weighted by Crippen LogP contribution is 2.21. The predicted molar refractivity (Wildman–Crippen MR) is 56.1 cm³/mol. The third-order valence-electron chi connectivity index (χ3n) is 2.43. The van der Waals surface area contributed by atoms with Gasteiger partial charge in [0.2, 0.25) is 17.8 Å². The number of aromatic nitrogens is 2. The zero-order valence-corrected chi connectivity index (χ0v) is 8.46. The van der Waals surface area contributed by atoms with Gasteiger partial charge in [-0.05, 0) is 6.07 Å². The van der Waals surface area contributed by atoms with Gasteiger partial charge in [0.25, 0.3) is 0 Å². The highest BCUT2D eigenvalue weighted by atomic mass is 16.2. The van der Waals surface area contributed by atoms with Gasteiger partial charge in [-0.2, -0.15) is 4.98 Å². The number of hydrogen-bond acceptors (Lipinski definition) is 5. The molecule has 0 spiro atoms. The van der Waals surface area contributed by atoms with Crippen molar-refractivity contribution in [2.75, 3.05) is 17.2 Å². The van der Waals surface area contributed by atoms with Crippen molar-refractivity contribution < 1.29 is 9.59 Å². The second-order valence-corrected chi connectivity index (χ2v) is 3.59. The maximum Gasteiger partial charge on any atom is 0.234 e. The van der Waals surface area contributed by atoms with Gasteiger partial charge in [-0.3, -0.25) is 14.5 Å². The fourth-order valence-corrected chi connectivity index (χ4v) is 1.58. The van der Waals surface area contributed by atoms with Crippen molar-refractivity contribution in [1.82, 2.24) is 9.97 Å². The summed E-state index contributed by atoms with van der Waals surface area (Å²) in [5.41, 5.74) is 10.6. The topological polar surface area (TPSA) is 115 Å². The molecule has 0 aromatic carbocycles. The van der Waals surface area contributed by atoms with E-state index in [9.17, 15) is 9.59 Å². The molecule has 2 heterocycles. The quantitative estimate of drug-likeness (QED) is 0.657. The van der Waals surface area contributed by atoms with Crippen molar-refractivity contribution in [1.29, 1.82) is 0 Å². The molecule has 1 aliphatic rings. The number of nitrogen functional groups attached to an aromatic ring is 1. The van der Waals surface area contributed by atoms with E-state index >= 15 is 0 Å². The molecule has 1 fully saturated rings. The Balaban J connectivity index is 2.23. The first-order valence-electron chi connectivity index (χ1n) is 4.76. The molecule has 0 bridgehead atoms. The molecular weight excluding hydrogens is 210 g/mol. The SMILES string of the molecule is NC(=O)C1CC(=O)N(c2nccc(N)n2)C1. The van der Waals surface area contributed by atoms with Crippen LogP contribution in [0.2, 0.25) is 0 Å². The number of anilines is 2. The number of amides is 2. The van der Waals surface area contributed by atoms with Crippen LogP contribution in [0.15, 0.2) is 12.3 Å². The molecule has 0 radical (unpaired) electrons. The highest BCUT2D eigenvalue weighted by molar-refractivity contribution is 5.98. The molecule has 0 saturated carbocycles. The summed E-state index contributed by atoms with van der Waals surface area (Å²) in [4.78, 5) is 31.7. The first-order valence-corrected chi connectivity index (χ1v) is 4.76. The Labute approximate surface area is 91.5 Å². The van der Waals surface area contributed by atoms with Gasteiger partial charge in [0.1, 0.15) is 5.82 Å². The largest absolute Gasteiger partial charge is 0.384 e. The van der Waals surface area contributed by atoms with Crippen LogP contribution in [-0.2, 0) is 9.59 Å². The minimum absolute atomic E-state index is 0.105. The van der Waals surface area contributed by atoms with Crippen molar-refractivity contribution in [2.45, 2.75) is 6.42 Å². The third kappa shape index (κ3) is 1.79. The van der Waals surface area contributed by atoms with Crippen molar-refractivity contribution in [2.24, 2.45) is 11.7 Å². The number of primary amides is 1. The van der Waals surface area contributed by atoms with Gasteiger partial charge in [-0.1, -0.05) is 0 Å². The van der Waals surface area contributed by atoms with Gasteiger partial charge in [0.05, 0.1) is 5.92 Å². The van der Waals surface area contributed by atoms with Crippen LogP contribution in [-0.4, -0.2) is 28.3 Å². The van der Waals surface area contributed by atoms with E-state index in [2.05, 4.69) is 9.97 Å². The van der Waals surface area contributed by atoms with Crippen LogP contribution in [0.3, 0.4) is 0 Å². The monoisotopic (exact) mass is 221 g/mol. The Hall–Kier alpha value is -2.18. The molecule has 7 heteroatoms. The minimum Gasteiger partial charge on any atom is -0.384 e. The van der Waals surface area contributed by atoms with Gasteiger partial charge in [-0.25, -0.2) is 4.98 Å². The van der Waals surface area contributed by atoms with E-state index in [0.29, 0.717) is 0 Å². The van der Waals surface area contributed by atoms with Gasteiger partial charge in [0.15, 0.2) is 0 Å². The lowest BCUT2D eigenvalue weighted by Gasteiger charge is -2.13. The Morgan fingerprint density at radius 2 is 2.31 bits per heavy atom. The maximum absolute atomic E-state index is 11.6. The van der Waals surface area contributed by atoms with Crippen LogP contribution < -0.4 is 16.4 Å². The zero-order valence-electron chi connectivity index (χ0n) is 8.46. The average Bonchev–Trinajstić information content (AvgIpc) is 2.60. The molecule has 1 unspecified atom stereocenters. The molecule has 4 N–H and O–H groups in total. The molecule has 1 saturated heterocycles. The Kier molecular flexibility index (Phi) is 2.43. The normalized spacial score (nSPS) is 20.1. The summed E-state index contributed by atoms with van der Waals surface area (Å²) in [5.74, 6) is -0.680. The summed E-state index contributed by atoms with van der Waals surface area (Å²) in [6, 6.07) is 1.52. The van der Waals surface area contributed by atoms with E-state index in [0.717, 1.165) is 0 Å². The maximum atomic E-state index is 11.6. The second-order valence-electron chi connectivity index (χ2n) is 3.59. The van der Waals surface area contributed by atoms with Crippen LogP contribution in [0.25, 0.3) is 0 Å². The van der Waals surface area contributed by atoms with Crippen molar-refractivity contribution >= 4 is 23.6 Å².